The van der Waals surface area contributed by atoms with Crippen LogP contribution in [-0.2, 0) is 6.54 Å². The van der Waals surface area contributed by atoms with Crippen molar-refractivity contribution in [2.45, 2.75) is 39.8 Å². The van der Waals surface area contributed by atoms with Crippen LogP contribution in [0.2, 0.25) is 0 Å². The van der Waals surface area contributed by atoms with Crippen LogP contribution in [-0.4, -0.2) is 17.2 Å². The maximum atomic E-state index is 11.7. The van der Waals surface area contributed by atoms with Crippen molar-refractivity contribution in [2.75, 3.05) is 6.54 Å². The highest BCUT2D eigenvalue weighted by atomic mass is 16.1. The molecule has 0 bridgehead atoms. The van der Waals surface area contributed by atoms with E-state index in [-0.39, 0.29) is 5.56 Å². The fraction of sp³-hybridized carbons (Fsp3) is 0.583. The number of aryl methyl sites for hydroxylation is 2. The molecule has 1 rings (SSSR count). The SMILES string of the molecule is CCNC(C)CCn1cccc(C)c1=O. The zero-order valence-corrected chi connectivity index (χ0v) is 9.79. The Kier molecular flexibility index (Phi) is 4.56. The van der Waals surface area contributed by atoms with Crippen LogP contribution in [0.4, 0.5) is 0 Å². The van der Waals surface area contributed by atoms with Crippen LogP contribution in [0.3, 0.4) is 0 Å². The van der Waals surface area contributed by atoms with Gasteiger partial charge in [0.1, 0.15) is 0 Å². The van der Waals surface area contributed by atoms with Gasteiger partial charge < -0.3 is 9.88 Å². The van der Waals surface area contributed by atoms with Gasteiger partial charge in [-0.05, 0) is 32.9 Å². The van der Waals surface area contributed by atoms with Crippen LogP contribution in [0, 0.1) is 6.92 Å². The molecule has 84 valence electrons. The van der Waals surface area contributed by atoms with E-state index in [9.17, 15) is 4.79 Å². The standard InChI is InChI=1S/C12H20N2O/c1-4-13-11(3)7-9-14-8-5-6-10(2)12(14)15/h5-6,8,11,13H,4,7,9H2,1-3H3. The molecule has 0 radical (unpaired) electrons. The highest BCUT2D eigenvalue weighted by Gasteiger charge is 2.02. The molecule has 3 nitrogen and oxygen atoms in total. The van der Waals surface area contributed by atoms with Crippen LogP contribution in [0.5, 0.6) is 0 Å². The van der Waals surface area contributed by atoms with E-state index in [1.807, 2.05) is 25.3 Å². The Morgan fingerprint density at radius 3 is 2.93 bits per heavy atom. The second kappa shape index (κ2) is 5.71. The number of pyridine rings is 1. The number of nitrogens with zero attached hydrogens (tertiary/aromatic N) is 1. The summed E-state index contributed by atoms with van der Waals surface area (Å²) in [5.41, 5.74) is 0.940. The largest absolute Gasteiger partial charge is 0.315 e. The second-order valence-electron chi connectivity index (χ2n) is 3.94. The predicted molar refractivity (Wildman–Crippen MR) is 63.2 cm³/mol. The summed E-state index contributed by atoms with van der Waals surface area (Å²) in [6.07, 6.45) is 2.84. The van der Waals surface area contributed by atoms with E-state index < -0.39 is 0 Å². The molecule has 1 unspecified atom stereocenters. The van der Waals surface area contributed by atoms with Crippen LogP contribution in [0.25, 0.3) is 0 Å². The number of rotatable bonds is 5. The van der Waals surface area contributed by atoms with Crippen LogP contribution in [0.15, 0.2) is 23.1 Å². The summed E-state index contributed by atoms with van der Waals surface area (Å²) in [4.78, 5) is 11.7. The molecular formula is C12H20N2O. The maximum absolute atomic E-state index is 11.7. The molecule has 1 N–H and O–H groups in total. The Morgan fingerprint density at radius 1 is 1.53 bits per heavy atom. The summed E-state index contributed by atoms with van der Waals surface area (Å²) >= 11 is 0. The molecule has 1 aromatic heterocycles. The van der Waals surface area contributed by atoms with E-state index >= 15 is 0 Å². The first-order valence-corrected chi connectivity index (χ1v) is 5.54. The normalized spacial score (nSPS) is 12.7. The monoisotopic (exact) mass is 208 g/mol. The van der Waals surface area contributed by atoms with Gasteiger partial charge in [-0.3, -0.25) is 4.79 Å². The van der Waals surface area contributed by atoms with Crippen molar-refractivity contribution in [2.24, 2.45) is 0 Å². The minimum atomic E-state index is 0.126. The van der Waals surface area contributed by atoms with Gasteiger partial charge in [0.25, 0.3) is 5.56 Å². The fourth-order valence-electron chi connectivity index (χ4n) is 1.62. The Morgan fingerprint density at radius 2 is 2.27 bits per heavy atom. The average Bonchev–Trinajstić information content (AvgIpc) is 2.21. The fourth-order valence-corrected chi connectivity index (χ4v) is 1.62. The molecule has 1 aromatic rings. The molecule has 1 heterocycles. The van der Waals surface area contributed by atoms with E-state index in [4.69, 9.17) is 0 Å². The number of hydrogen-bond acceptors (Lipinski definition) is 2. The molecule has 0 spiro atoms. The van der Waals surface area contributed by atoms with Crippen LogP contribution in [0.1, 0.15) is 25.8 Å². The van der Waals surface area contributed by atoms with Crippen LogP contribution < -0.4 is 10.9 Å². The van der Waals surface area contributed by atoms with Crippen molar-refractivity contribution < 1.29 is 0 Å². The molecule has 0 aliphatic carbocycles. The average molecular weight is 208 g/mol. The first kappa shape index (κ1) is 12.0. The Bertz CT molecular complexity index is 357. The van der Waals surface area contributed by atoms with Crippen molar-refractivity contribution >= 4 is 0 Å². The zero-order valence-electron chi connectivity index (χ0n) is 9.79. The van der Waals surface area contributed by atoms with Crippen molar-refractivity contribution in [3.63, 3.8) is 0 Å². The lowest BCUT2D eigenvalue weighted by molar-refractivity contribution is 0.481. The zero-order chi connectivity index (χ0) is 11.3. The third kappa shape index (κ3) is 3.51. The van der Waals surface area contributed by atoms with Crippen LogP contribution >= 0.6 is 0 Å². The number of hydrogen-bond donors (Lipinski definition) is 1. The minimum Gasteiger partial charge on any atom is -0.315 e. The Hall–Kier alpha value is -1.09. The highest BCUT2D eigenvalue weighted by molar-refractivity contribution is 5.07. The smallest absolute Gasteiger partial charge is 0.253 e. The number of nitrogens with one attached hydrogen (secondary N) is 1. The van der Waals surface area contributed by atoms with E-state index in [0.29, 0.717) is 6.04 Å². The quantitative estimate of drug-likeness (QED) is 0.796. The summed E-state index contributed by atoms with van der Waals surface area (Å²) < 4.78 is 1.78. The van der Waals surface area contributed by atoms with Gasteiger partial charge in [-0.25, -0.2) is 0 Å². The minimum absolute atomic E-state index is 0.126. The summed E-state index contributed by atoms with van der Waals surface area (Å²) in [6, 6.07) is 4.24. The topological polar surface area (TPSA) is 34.0 Å². The predicted octanol–water partition coefficient (Wildman–Crippen LogP) is 1.54. The highest BCUT2D eigenvalue weighted by Crippen LogP contribution is 1.95. The van der Waals surface area contributed by atoms with Crippen molar-refractivity contribution in [1.82, 2.24) is 9.88 Å². The molecule has 1 atom stereocenters. The van der Waals surface area contributed by atoms with E-state index in [1.54, 1.807) is 4.57 Å². The third-order valence-corrected chi connectivity index (χ3v) is 2.57. The first-order valence-electron chi connectivity index (χ1n) is 5.54. The maximum Gasteiger partial charge on any atom is 0.253 e. The molecule has 0 fully saturated rings. The molecular weight excluding hydrogens is 188 g/mol. The lowest BCUT2D eigenvalue weighted by atomic mass is 10.2. The molecule has 0 aromatic carbocycles. The molecule has 3 heteroatoms. The first-order chi connectivity index (χ1) is 7.15. The molecule has 0 amide bonds. The summed E-state index contributed by atoms with van der Waals surface area (Å²) in [5, 5.41) is 3.33. The second-order valence-corrected chi connectivity index (χ2v) is 3.94. The molecule has 0 aliphatic rings. The van der Waals surface area contributed by atoms with E-state index in [2.05, 4.69) is 19.2 Å². The van der Waals surface area contributed by atoms with Crippen molar-refractivity contribution in [3.05, 3.63) is 34.2 Å². The summed E-state index contributed by atoms with van der Waals surface area (Å²) in [6.45, 7) is 7.85. The van der Waals surface area contributed by atoms with Crippen molar-refractivity contribution in [3.8, 4) is 0 Å². The van der Waals surface area contributed by atoms with Gasteiger partial charge in [0, 0.05) is 24.3 Å². The molecule has 15 heavy (non-hydrogen) atoms. The lowest BCUT2D eigenvalue weighted by Gasteiger charge is -2.13. The molecule has 0 saturated carbocycles. The third-order valence-electron chi connectivity index (χ3n) is 2.57. The van der Waals surface area contributed by atoms with E-state index in [0.717, 1.165) is 25.1 Å². The molecule has 0 aliphatic heterocycles. The van der Waals surface area contributed by atoms with Gasteiger partial charge in [-0.2, -0.15) is 0 Å². The van der Waals surface area contributed by atoms with Gasteiger partial charge >= 0.3 is 0 Å². The Balaban J connectivity index is 2.58. The summed E-state index contributed by atoms with van der Waals surface area (Å²) in [5.74, 6) is 0. The summed E-state index contributed by atoms with van der Waals surface area (Å²) in [7, 11) is 0. The van der Waals surface area contributed by atoms with Crippen molar-refractivity contribution in [1.29, 1.82) is 0 Å². The lowest BCUT2D eigenvalue weighted by Crippen LogP contribution is -2.29. The van der Waals surface area contributed by atoms with Gasteiger partial charge in [-0.1, -0.05) is 13.0 Å². The van der Waals surface area contributed by atoms with E-state index in [1.165, 1.54) is 0 Å². The molecule has 0 saturated heterocycles. The van der Waals surface area contributed by atoms with Gasteiger partial charge in [-0.15, -0.1) is 0 Å². The van der Waals surface area contributed by atoms with Gasteiger partial charge in [0.2, 0.25) is 0 Å². The van der Waals surface area contributed by atoms with Gasteiger partial charge in [0.15, 0.2) is 0 Å². The van der Waals surface area contributed by atoms with Gasteiger partial charge in [0.05, 0.1) is 0 Å². The number of aromatic nitrogens is 1. The Labute approximate surface area is 91.1 Å².